The normalized spacial score (nSPS) is 16.3. The number of carbonyl (C=O) groups excluding carboxylic acids is 1. The predicted molar refractivity (Wildman–Crippen MR) is 124 cm³/mol. The molecule has 1 amide bonds. The van der Waals surface area contributed by atoms with Crippen LogP contribution in [0.5, 0.6) is 0 Å². The van der Waals surface area contributed by atoms with E-state index in [4.69, 9.17) is 16.7 Å². The second-order valence-electron chi connectivity index (χ2n) is 7.95. The Labute approximate surface area is 191 Å². The van der Waals surface area contributed by atoms with Crippen molar-refractivity contribution < 1.29 is 4.79 Å². The molecule has 0 radical (unpaired) electrons. The van der Waals surface area contributed by atoms with E-state index in [9.17, 15) is 4.79 Å². The molecule has 8 heteroatoms. The molecular weight excluding hydrogens is 424 g/mol. The first kappa shape index (κ1) is 20.5. The number of hydrogen-bond donors (Lipinski definition) is 1. The van der Waals surface area contributed by atoms with E-state index in [1.165, 1.54) is 0 Å². The molecule has 0 spiro atoms. The number of carbonyl (C=O) groups is 1. The Morgan fingerprint density at radius 1 is 1.19 bits per heavy atom. The SMILES string of the molecule is O=C(NCc1cccnc1)[C@H]1CCCN(c2nccn3nc(-c4ccccc4Cl)cc23)C1. The van der Waals surface area contributed by atoms with Gasteiger partial charge < -0.3 is 10.2 Å². The topological polar surface area (TPSA) is 75.4 Å². The molecule has 32 heavy (non-hydrogen) atoms. The maximum Gasteiger partial charge on any atom is 0.225 e. The number of nitrogens with one attached hydrogen (secondary N) is 1. The molecule has 1 aliphatic rings. The van der Waals surface area contributed by atoms with Gasteiger partial charge in [-0.15, -0.1) is 0 Å². The van der Waals surface area contributed by atoms with E-state index in [1.54, 1.807) is 18.6 Å². The van der Waals surface area contributed by atoms with E-state index in [1.807, 2.05) is 53.2 Å². The second kappa shape index (κ2) is 8.96. The van der Waals surface area contributed by atoms with Gasteiger partial charge in [-0.25, -0.2) is 9.50 Å². The Hall–Kier alpha value is -3.45. The number of amides is 1. The van der Waals surface area contributed by atoms with Crippen molar-refractivity contribution in [2.24, 2.45) is 5.92 Å². The van der Waals surface area contributed by atoms with E-state index in [0.29, 0.717) is 18.1 Å². The van der Waals surface area contributed by atoms with Crippen LogP contribution in [-0.4, -0.2) is 38.6 Å². The molecule has 0 unspecified atom stereocenters. The lowest BCUT2D eigenvalue weighted by molar-refractivity contribution is -0.125. The van der Waals surface area contributed by atoms with Gasteiger partial charge in [-0.3, -0.25) is 9.78 Å². The minimum absolute atomic E-state index is 0.0655. The van der Waals surface area contributed by atoms with E-state index in [2.05, 4.69) is 20.2 Å². The van der Waals surface area contributed by atoms with Gasteiger partial charge in [0.05, 0.1) is 16.6 Å². The number of nitrogens with zero attached hydrogens (tertiary/aromatic N) is 5. The minimum Gasteiger partial charge on any atom is -0.354 e. The quantitative estimate of drug-likeness (QED) is 0.502. The smallest absolute Gasteiger partial charge is 0.225 e. The summed E-state index contributed by atoms with van der Waals surface area (Å²) in [4.78, 5) is 23.8. The number of pyridine rings is 1. The maximum atomic E-state index is 12.8. The number of aromatic nitrogens is 4. The Morgan fingerprint density at radius 3 is 2.94 bits per heavy atom. The fourth-order valence-corrected chi connectivity index (χ4v) is 4.40. The lowest BCUT2D eigenvalue weighted by Gasteiger charge is -2.33. The number of hydrogen-bond acceptors (Lipinski definition) is 5. The Bertz CT molecular complexity index is 1240. The van der Waals surface area contributed by atoms with Crippen molar-refractivity contribution in [3.8, 4) is 11.3 Å². The van der Waals surface area contributed by atoms with Crippen LogP contribution >= 0.6 is 11.6 Å². The number of halogens is 1. The fraction of sp³-hybridized carbons (Fsp3) is 0.250. The molecule has 5 rings (SSSR count). The van der Waals surface area contributed by atoms with Crippen molar-refractivity contribution in [3.63, 3.8) is 0 Å². The van der Waals surface area contributed by atoms with Crippen LogP contribution < -0.4 is 10.2 Å². The van der Waals surface area contributed by atoms with Crippen molar-refractivity contribution in [1.82, 2.24) is 24.9 Å². The largest absolute Gasteiger partial charge is 0.354 e. The number of anilines is 1. The Balaban J connectivity index is 1.35. The van der Waals surface area contributed by atoms with Crippen LogP contribution in [-0.2, 0) is 11.3 Å². The van der Waals surface area contributed by atoms with Gasteiger partial charge in [0, 0.05) is 50.0 Å². The van der Waals surface area contributed by atoms with Crippen molar-refractivity contribution in [2.45, 2.75) is 19.4 Å². The molecule has 1 aliphatic heterocycles. The van der Waals surface area contributed by atoms with Gasteiger partial charge in [0.25, 0.3) is 0 Å². The molecule has 1 saturated heterocycles. The molecule has 7 nitrogen and oxygen atoms in total. The van der Waals surface area contributed by atoms with Gasteiger partial charge >= 0.3 is 0 Å². The lowest BCUT2D eigenvalue weighted by atomic mass is 9.97. The van der Waals surface area contributed by atoms with Crippen LogP contribution in [0.3, 0.4) is 0 Å². The van der Waals surface area contributed by atoms with Crippen molar-refractivity contribution in [3.05, 3.63) is 77.8 Å². The van der Waals surface area contributed by atoms with Crippen LogP contribution in [0.4, 0.5) is 5.82 Å². The zero-order valence-electron chi connectivity index (χ0n) is 17.5. The molecule has 4 aromatic rings. The molecule has 1 atom stereocenters. The van der Waals surface area contributed by atoms with Gasteiger partial charge in [-0.1, -0.05) is 35.9 Å². The van der Waals surface area contributed by atoms with Crippen molar-refractivity contribution in [1.29, 1.82) is 0 Å². The highest BCUT2D eigenvalue weighted by Gasteiger charge is 2.27. The molecule has 1 aromatic carbocycles. The van der Waals surface area contributed by atoms with Gasteiger partial charge in [-0.2, -0.15) is 5.10 Å². The summed E-state index contributed by atoms with van der Waals surface area (Å²) in [5, 5.41) is 8.41. The summed E-state index contributed by atoms with van der Waals surface area (Å²) in [6.07, 6.45) is 8.88. The lowest BCUT2D eigenvalue weighted by Crippen LogP contribution is -2.43. The Morgan fingerprint density at radius 2 is 2.09 bits per heavy atom. The van der Waals surface area contributed by atoms with Crippen LogP contribution in [0.25, 0.3) is 16.8 Å². The van der Waals surface area contributed by atoms with Crippen LogP contribution in [0, 0.1) is 5.92 Å². The van der Waals surface area contributed by atoms with E-state index in [-0.39, 0.29) is 11.8 Å². The number of benzene rings is 1. The van der Waals surface area contributed by atoms with Crippen LogP contribution in [0.2, 0.25) is 5.02 Å². The minimum atomic E-state index is -0.0894. The average Bonchev–Trinajstić information content (AvgIpc) is 3.28. The second-order valence-corrected chi connectivity index (χ2v) is 8.36. The molecular formula is C24H23ClN6O. The molecule has 3 aromatic heterocycles. The summed E-state index contributed by atoms with van der Waals surface area (Å²) >= 11 is 6.38. The number of fused-ring (bicyclic) bond motifs is 1. The summed E-state index contributed by atoms with van der Waals surface area (Å²) in [6, 6.07) is 13.5. The molecule has 0 aliphatic carbocycles. The standard InChI is InChI=1S/C24H23ClN6O/c25-20-8-2-1-7-19(20)21-13-22-23(27-10-12-31(22)29-21)30-11-4-6-18(16-30)24(32)28-15-17-5-3-9-26-14-17/h1-3,5,7-10,12-14,18H,4,6,11,15-16H2,(H,28,32)/t18-/m0/s1. The highest BCUT2D eigenvalue weighted by molar-refractivity contribution is 6.33. The third kappa shape index (κ3) is 4.16. The molecule has 1 N–H and O–H groups in total. The van der Waals surface area contributed by atoms with Gasteiger partial charge in [-0.05, 0) is 36.6 Å². The summed E-state index contributed by atoms with van der Waals surface area (Å²) in [5.74, 6) is 0.812. The first-order valence-electron chi connectivity index (χ1n) is 10.7. The highest BCUT2D eigenvalue weighted by atomic mass is 35.5. The fourth-order valence-electron chi connectivity index (χ4n) is 4.17. The number of piperidine rings is 1. The van der Waals surface area contributed by atoms with E-state index >= 15 is 0 Å². The van der Waals surface area contributed by atoms with E-state index in [0.717, 1.165) is 47.5 Å². The van der Waals surface area contributed by atoms with Gasteiger partial charge in [0.15, 0.2) is 5.82 Å². The van der Waals surface area contributed by atoms with Crippen molar-refractivity contribution in [2.75, 3.05) is 18.0 Å². The molecule has 162 valence electrons. The van der Waals surface area contributed by atoms with Crippen LogP contribution in [0.1, 0.15) is 18.4 Å². The summed E-state index contributed by atoms with van der Waals surface area (Å²) < 4.78 is 1.83. The van der Waals surface area contributed by atoms with E-state index < -0.39 is 0 Å². The molecule has 1 fully saturated rings. The molecule has 4 heterocycles. The number of rotatable bonds is 5. The Kier molecular flexibility index (Phi) is 5.73. The first-order chi connectivity index (χ1) is 15.7. The molecule has 0 bridgehead atoms. The molecule has 0 saturated carbocycles. The highest BCUT2D eigenvalue weighted by Crippen LogP contribution is 2.31. The van der Waals surface area contributed by atoms with Crippen molar-refractivity contribution >= 4 is 28.8 Å². The average molecular weight is 447 g/mol. The zero-order chi connectivity index (χ0) is 21.9. The van der Waals surface area contributed by atoms with Gasteiger partial charge in [0.2, 0.25) is 5.91 Å². The zero-order valence-corrected chi connectivity index (χ0v) is 18.2. The summed E-state index contributed by atoms with van der Waals surface area (Å²) in [6.45, 7) is 1.96. The maximum absolute atomic E-state index is 12.8. The third-order valence-electron chi connectivity index (χ3n) is 5.80. The van der Waals surface area contributed by atoms with Crippen LogP contribution in [0.15, 0.2) is 67.3 Å². The van der Waals surface area contributed by atoms with Gasteiger partial charge in [0.1, 0.15) is 5.52 Å². The summed E-state index contributed by atoms with van der Waals surface area (Å²) in [5.41, 5.74) is 3.58. The summed E-state index contributed by atoms with van der Waals surface area (Å²) in [7, 11) is 0. The monoisotopic (exact) mass is 446 g/mol. The predicted octanol–water partition coefficient (Wildman–Crippen LogP) is 3.98. The first-order valence-corrected chi connectivity index (χ1v) is 11.1. The third-order valence-corrected chi connectivity index (χ3v) is 6.13.